The van der Waals surface area contributed by atoms with E-state index >= 15 is 4.39 Å². The maximum Gasteiger partial charge on any atom is 0.345 e. The smallest absolute Gasteiger partial charge is 0.345 e. The number of aryl methyl sites for hydroxylation is 1. The first-order valence-corrected chi connectivity index (χ1v) is 18.3. The molecule has 4 heterocycles. The molecule has 4 aromatic rings. The molecule has 6 rings (SSSR count). The number of halogens is 4. The van der Waals surface area contributed by atoms with Crippen LogP contribution in [0.3, 0.4) is 0 Å². The van der Waals surface area contributed by atoms with Gasteiger partial charge in [0.05, 0.1) is 22.6 Å². The standard InChI is InChI=1S/C36H40F4N6O7.C2H6/c1-3-5-12-41-16-19-7-6-8-26-28-31(29(38)30(43-26)23-15-20(47)14-18-9-10-25(37)21(4-2)27(18)23)44-34(45-33(28)42-19)53-35(48,49)24-17-46(36(50,51)52)13-11-22(24)32(39)40;1-2/h2,9-10,14-15,19,22,24,32,41,47-52H,3,5-8,11-13,16-17H2,1H3,(H,42,44,45);1-2H3. The first-order chi connectivity index (χ1) is 26.1. The highest BCUT2D eigenvalue weighted by Crippen LogP contribution is 2.42. The lowest BCUT2D eigenvalue weighted by molar-refractivity contribution is -0.413. The Morgan fingerprint density at radius 1 is 1.07 bits per heavy atom. The quantitative estimate of drug-likeness (QED) is 0.0469. The van der Waals surface area contributed by atoms with Crippen molar-refractivity contribution in [3.05, 3.63) is 47.2 Å². The third kappa shape index (κ3) is 8.86. The molecule has 0 radical (unpaired) electrons. The fraction of sp³-hybridized carbons (Fsp3) is 0.500. The summed E-state index contributed by atoms with van der Waals surface area (Å²) in [7, 11) is 0. The molecule has 298 valence electrons. The van der Waals surface area contributed by atoms with Gasteiger partial charge in [0, 0.05) is 42.5 Å². The zero-order chi connectivity index (χ0) is 40.2. The van der Waals surface area contributed by atoms with Gasteiger partial charge in [-0.05, 0) is 62.2 Å². The molecule has 0 amide bonds. The number of pyridine rings is 1. The monoisotopic (exact) mass is 774 g/mol. The molecule has 13 nitrogen and oxygen atoms in total. The maximum atomic E-state index is 17.0. The van der Waals surface area contributed by atoms with Crippen molar-refractivity contribution in [3.63, 3.8) is 0 Å². The number of aliphatic hydroxyl groups is 5. The second-order valence-corrected chi connectivity index (χ2v) is 13.4. The van der Waals surface area contributed by atoms with Gasteiger partial charge in [-0.2, -0.15) is 9.97 Å². The minimum atomic E-state index is -3.51. The molecular weight excluding hydrogens is 728 g/mol. The lowest BCUT2D eigenvalue weighted by atomic mass is 9.83. The average molecular weight is 775 g/mol. The Hall–Kier alpha value is -4.41. The Morgan fingerprint density at radius 2 is 1.82 bits per heavy atom. The number of benzene rings is 2. The lowest BCUT2D eigenvalue weighted by Gasteiger charge is -2.44. The third-order valence-corrected chi connectivity index (χ3v) is 9.83. The highest BCUT2D eigenvalue weighted by Gasteiger charge is 2.52. The van der Waals surface area contributed by atoms with Crippen molar-refractivity contribution in [2.24, 2.45) is 11.8 Å². The number of terminal acetylenes is 1. The number of likely N-dealkylation sites (tertiary alicyclic amines) is 1. The molecule has 8 N–H and O–H groups in total. The van der Waals surface area contributed by atoms with Crippen LogP contribution in [-0.4, -0.2) is 101 Å². The number of hydrogen-bond donors (Lipinski definition) is 8. The Morgan fingerprint density at radius 3 is 2.49 bits per heavy atom. The second kappa shape index (κ2) is 17.2. The van der Waals surface area contributed by atoms with Crippen molar-refractivity contribution in [1.29, 1.82) is 0 Å². The van der Waals surface area contributed by atoms with Crippen molar-refractivity contribution in [2.45, 2.75) is 83.8 Å². The van der Waals surface area contributed by atoms with E-state index in [1.165, 1.54) is 18.2 Å². The maximum absolute atomic E-state index is 17.0. The van der Waals surface area contributed by atoms with Crippen molar-refractivity contribution in [1.82, 2.24) is 25.2 Å². The number of fused-ring (bicyclic) bond motifs is 1. The van der Waals surface area contributed by atoms with E-state index in [2.05, 4.69) is 38.4 Å². The number of hydrogen-bond acceptors (Lipinski definition) is 13. The Labute approximate surface area is 315 Å². The van der Waals surface area contributed by atoms with E-state index in [1.54, 1.807) is 0 Å². The predicted octanol–water partition coefficient (Wildman–Crippen LogP) is 4.15. The molecule has 2 aliphatic heterocycles. The molecule has 2 aromatic heterocycles. The van der Waals surface area contributed by atoms with Crippen LogP contribution < -0.4 is 15.4 Å². The van der Waals surface area contributed by atoms with E-state index < -0.39 is 73.0 Å². The molecule has 2 aromatic carbocycles. The van der Waals surface area contributed by atoms with E-state index in [1.807, 2.05) is 13.8 Å². The fourth-order valence-electron chi connectivity index (χ4n) is 7.15. The van der Waals surface area contributed by atoms with Gasteiger partial charge in [0.15, 0.2) is 5.82 Å². The van der Waals surface area contributed by atoms with Crippen LogP contribution in [0, 0.1) is 35.8 Å². The summed E-state index contributed by atoms with van der Waals surface area (Å²) in [5, 5.41) is 69.2. The highest BCUT2D eigenvalue weighted by molar-refractivity contribution is 6.03. The third-order valence-electron chi connectivity index (χ3n) is 9.83. The molecule has 0 aliphatic carbocycles. The summed E-state index contributed by atoms with van der Waals surface area (Å²) in [5.41, 5.74) is -0.747. The van der Waals surface area contributed by atoms with E-state index in [0.717, 1.165) is 25.5 Å². The van der Waals surface area contributed by atoms with Crippen LogP contribution in [0.25, 0.3) is 32.9 Å². The van der Waals surface area contributed by atoms with Gasteiger partial charge in [-0.3, -0.25) is 0 Å². The van der Waals surface area contributed by atoms with Gasteiger partial charge in [-0.25, -0.2) is 27.4 Å². The molecule has 3 unspecified atom stereocenters. The highest BCUT2D eigenvalue weighted by atomic mass is 19.3. The number of anilines is 1. The van der Waals surface area contributed by atoms with E-state index in [-0.39, 0.29) is 45.2 Å². The molecule has 0 bridgehead atoms. The summed E-state index contributed by atoms with van der Waals surface area (Å²) in [6.45, 7) is 5.95. The first kappa shape index (κ1) is 41.7. The van der Waals surface area contributed by atoms with Crippen LogP contribution in [0.1, 0.15) is 64.1 Å². The van der Waals surface area contributed by atoms with Crippen LogP contribution >= 0.6 is 0 Å². The number of phenols is 1. The molecule has 0 saturated carbocycles. The van der Waals surface area contributed by atoms with Gasteiger partial charge in [-0.15, -0.1) is 6.42 Å². The van der Waals surface area contributed by atoms with Crippen LogP contribution in [0.4, 0.5) is 23.4 Å². The van der Waals surface area contributed by atoms with Gasteiger partial charge >= 0.3 is 18.1 Å². The summed E-state index contributed by atoms with van der Waals surface area (Å²) in [4.78, 5) is 13.7. The predicted molar refractivity (Wildman–Crippen MR) is 196 cm³/mol. The van der Waals surface area contributed by atoms with E-state index in [4.69, 9.17) is 11.2 Å². The number of phenolic OH excluding ortho intramolecular Hbond substituents is 1. The summed E-state index contributed by atoms with van der Waals surface area (Å²) in [6.07, 6.45) is 1.93. The average Bonchev–Trinajstić information content (AvgIpc) is 3.13. The number of piperidine rings is 1. The normalized spacial score (nSPS) is 19.3. The molecule has 2 aliphatic rings. The number of nitrogens with one attached hydrogen (secondary N) is 2. The van der Waals surface area contributed by atoms with Crippen molar-refractivity contribution in [2.75, 3.05) is 31.5 Å². The molecule has 3 atom stereocenters. The van der Waals surface area contributed by atoms with Crippen LogP contribution in [0.5, 0.6) is 11.8 Å². The minimum Gasteiger partial charge on any atom is -0.508 e. The minimum absolute atomic E-state index is 0.0114. The summed E-state index contributed by atoms with van der Waals surface area (Å²) in [5.74, 6) is -7.12. The molecule has 55 heavy (non-hydrogen) atoms. The molecule has 1 fully saturated rings. The topological polar surface area (TPSA) is 197 Å². The zero-order valence-corrected chi connectivity index (χ0v) is 30.7. The van der Waals surface area contributed by atoms with E-state index in [0.29, 0.717) is 41.8 Å². The summed E-state index contributed by atoms with van der Waals surface area (Å²) < 4.78 is 65.7. The fourth-order valence-corrected chi connectivity index (χ4v) is 7.15. The number of ether oxygens (including phenoxy) is 1. The van der Waals surface area contributed by atoms with Gasteiger partial charge < -0.3 is 46.0 Å². The molecule has 17 heteroatoms. The van der Waals surface area contributed by atoms with E-state index in [9.17, 15) is 43.8 Å². The molecular formula is C38H46F4N6O7. The summed E-state index contributed by atoms with van der Waals surface area (Å²) in [6, 6.07) is 3.88. The second-order valence-electron chi connectivity index (χ2n) is 13.4. The van der Waals surface area contributed by atoms with Crippen molar-refractivity contribution < 1.29 is 52.9 Å². The van der Waals surface area contributed by atoms with Crippen molar-refractivity contribution >= 4 is 27.5 Å². The largest absolute Gasteiger partial charge is 0.508 e. The number of rotatable bonds is 11. The number of aromatic hydroxyl groups is 1. The number of nitrogens with zero attached hydrogens (tertiary/aromatic N) is 4. The first-order valence-electron chi connectivity index (χ1n) is 18.3. The number of alkyl halides is 2. The SMILES string of the molecule is C#Cc1c(F)ccc2cc(O)cc(-c3nc4c5c(nc(OC(O)(O)C6CN(C(O)(O)O)CCC6C(F)F)nc5c3F)NC(CNCCCC)CCC4)c12.CC. The van der Waals surface area contributed by atoms with Crippen LogP contribution in [-0.2, 0) is 6.42 Å². The van der Waals surface area contributed by atoms with Crippen molar-refractivity contribution in [3.8, 4) is 35.4 Å². The Balaban J connectivity index is 0.00000285. The van der Waals surface area contributed by atoms with Gasteiger partial charge in [0.25, 0.3) is 0 Å². The zero-order valence-electron chi connectivity index (χ0n) is 30.7. The lowest BCUT2D eigenvalue weighted by Crippen LogP contribution is -2.61. The van der Waals surface area contributed by atoms with Crippen LogP contribution in [0.15, 0.2) is 24.3 Å². The number of aromatic nitrogens is 3. The van der Waals surface area contributed by atoms with Gasteiger partial charge in [0.1, 0.15) is 28.6 Å². The molecule has 0 spiro atoms. The summed E-state index contributed by atoms with van der Waals surface area (Å²) >= 11 is 0. The number of unbranched alkanes of at least 4 members (excludes halogenated alkanes) is 1. The Kier molecular flexibility index (Phi) is 13.0. The van der Waals surface area contributed by atoms with Gasteiger partial charge in [-0.1, -0.05) is 39.2 Å². The van der Waals surface area contributed by atoms with Gasteiger partial charge in [0.2, 0.25) is 6.43 Å². The Bertz CT molecular complexity index is 2040. The van der Waals surface area contributed by atoms with Crippen LogP contribution in [0.2, 0.25) is 0 Å². The molecule has 1 saturated heterocycles.